The maximum absolute atomic E-state index is 13.5. The monoisotopic (exact) mass is 571 g/mol. The lowest BCUT2D eigenvalue weighted by Gasteiger charge is -2.25. The summed E-state index contributed by atoms with van der Waals surface area (Å²) in [6.07, 6.45) is 9.86. The van der Waals surface area contributed by atoms with E-state index < -0.39 is 27.5 Å². The van der Waals surface area contributed by atoms with Gasteiger partial charge in [0, 0.05) is 17.8 Å². The van der Waals surface area contributed by atoms with E-state index in [0.717, 1.165) is 9.88 Å². The van der Waals surface area contributed by atoms with E-state index in [1.54, 1.807) is 24.3 Å². The summed E-state index contributed by atoms with van der Waals surface area (Å²) in [5.74, 6) is -0.995. The minimum atomic E-state index is -3.99. The molecule has 13 heteroatoms. The van der Waals surface area contributed by atoms with Gasteiger partial charge in [0.05, 0.1) is 48.3 Å². The number of Topliss-reactive ketones (excluding diaryl/α,β-unsaturated/α-hetero) is 1. The van der Waals surface area contributed by atoms with Crippen molar-refractivity contribution in [3.63, 3.8) is 0 Å². The first-order valence-corrected chi connectivity index (χ1v) is 14.0. The highest BCUT2D eigenvalue weighted by atomic mass is 32.2. The van der Waals surface area contributed by atoms with Crippen LogP contribution in [-0.2, 0) is 16.6 Å². The molecule has 0 unspecified atom stereocenters. The molecule has 41 heavy (non-hydrogen) atoms. The first-order valence-electron chi connectivity index (χ1n) is 12.5. The Morgan fingerprint density at radius 2 is 2.00 bits per heavy atom. The van der Waals surface area contributed by atoms with Crippen LogP contribution in [0.3, 0.4) is 0 Å². The predicted molar refractivity (Wildman–Crippen MR) is 148 cm³/mol. The van der Waals surface area contributed by atoms with Crippen LogP contribution in [0.25, 0.3) is 5.57 Å². The van der Waals surface area contributed by atoms with E-state index in [0.29, 0.717) is 47.1 Å². The molecule has 1 aromatic carbocycles. The van der Waals surface area contributed by atoms with Gasteiger partial charge in [-0.15, -0.1) is 0 Å². The van der Waals surface area contributed by atoms with Gasteiger partial charge in [0.25, 0.3) is 15.9 Å². The molecule has 0 fully saturated rings. The van der Waals surface area contributed by atoms with Crippen molar-refractivity contribution >= 4 is 38.8 Å². The molecule has 6 rings (SSSR count). The van der Waals surface area contributed by atoms with Crippen LogP contribution in [0.1, 0.15) is 38.5 Å². The lowest BCUT2D eigenvalue weighted by Crippen LogP contribution is -2.39. The number of aliphatic imine (C=N–C) groups is 1. The minimum Gasteiger partial charge on any atom is -0.355 e. The molecule has 4 N–H and O–H groups in total. The van der Waals surface area contributed by atoms with E-state index in [2.05, 4.69) is 42.0 Å². The molecule has 0 spiro atoms. The van der Waals surface area contributed by atoms with Crippen LogP contribution in [0.5, 0.6) is 0 Å². The first kappa shape index (κ1) is 26.2. The predicted octanol–water partition coefficient (Wildman–Crippen LogP) is 3.06. The Bertz CT molecular complexity index is 1870. The number of aromatic amines is 2. The van der Waals surface area contributed by atoms with E-state index in [1.165, 1.54) is 36.8 Å². The molecule has 1 amide bonds. The lowest BCUT2D eigenvalue weighted by molar-refractivity contribution is 0.0948. The molecule has 0 bridgehead atoms. The van der Waals surface area contributed by atoms with Gasteiger partial charge >= 0.3 is 0 Å². The fourth-order valence-electron chi connectivity index (χ4n) is 4.71. The standard InChI is InChI=1S/C28H22FN7O4S/c29-19-8-6-17(7-9-19)28(38)35-23-12-18(10-11-31-23)26-27(33-20-4-2-1-3-5-20)25-21(34-26)14-36(15-22(25)37)41(39,40)24-13-30-16-32-24/h1-2,4,6-9,12-13,16,33-34H,10-11,14-15H2,(H,30,32)(H,31,35,38). The van der Waals surface area contributed by atoms with Crippen LogP contribution >= 0.6 is 0 Å². The van der Waals surface area contributed by atoms with Gasteiger partial charge < -0.3 is 20.6 Å². The lowest BCUT2D eigenvalue weighted by atomic mass is 10.0. The van der Waals surface area contributed by atoms with Crippen molar-refractivity contribution in [2.24, 2.45) is 4.99 Å². The van der Waals surface area contributed by atoms with Gasteiger partial charge in [-0.3, -0.25) is 14.6 Å². The van der Waals surface area contributed by atoms with E-state index in [-0.39, 0.29) is 23.7 Å². The summed E-state index contributed by atoms with van der Waals surface area (Å²) in [7, 11) is -3.99. The highest BCUT2D eigenvalue weighted by Crippen LogP contribution is 2.37. The average molecular weight is 572 g/mol. The zero-order valence-electron chi connectivity index (χ0n) is 21.4. The van der Waals surface area contributed by atoms with Crippen LogP contribution in [0.4, 0.5) is 10.1 Å². The highest BCUT2D eigenvalue weighted by Gasteiger charge is 2.37. The third kappa shape index (κ3) is 5.13. The number of aromatic nitrogens is 3. The Labute approximate surface area is 233 Å². The number of nitrogens with zero attached hydrogens (tertiary/aromatic N) is 3. The summed E-state index contributed by atoms with van der Waals surface area (Å²) in [5.41, 5.74) is 9.19. The van der Waals surface area contributed by atoms with Crippen LogP contribution in [-0.4, -0.2) is 58.3 Å². The number of carbonyl (C=O) groups is 2. The van der Waals surface area contributed by atoms with Gasteiger partial charge in [0.15, 0.2) is 10.8 Å². The van der Waals surface area contributed by atoms with E-state index in [4.69, 9.17) is 0 Å². The summed E-state index contributed by atoms with van der Waals surface area (Å²) in [6.45, 7) is -0.0742. The number of dihydropyridines is 1. The average Bonchev–Trinajstić information content (AvgIpc) is 3.64. The number of amides is 1. The minimum absolute atomic E-state index is 0.0722. The van der Waals surface area contributed by atoms with Crippen molar-refractivity contribution in [2.45, 2.75) is 18.0 Å². The Hall–Kier alpha value is -5.06. The Morgan fingerprint density at radius 3 is 2.73 bits per heavy atom. The molecule has 2 aliphatic heterocycles. The zero-order chi connectivity index (χ0) is 28.6. The maximum Gasteiger partial charge on any atom is 0.260 e. The van der Waals surface area contributed by atoms with Gasteiger partial charge in [-0.25, -0.2) is 17.8 Å². The van der Waals surface area contributed by atoms with Crippen LogP contribution < -0.4 is 10.6 Å². The van der Waals surface area contributed by atoms with Crippen LogP contribution in [0, 0.1) is 5.82 Å². The summed E-state index contributed by atoms with van der Waals surface area (Å²) < 4.78 is 40.7. The number of amidine groups is 1. The molecule has 3 aromatic rings. The van der Waals surface area contributed by atoms with Gasteiger partial charge in [-0.05, 0) is 60.2 Å². The van der Waals surface area contributed by atoms with Crippen molar-refractivity contribution in [3.8, 4) is 0 Å². The van der Waals surface area contributed by atoms with Gasteiger partial charge in [-0.2, -0.15) is 4.31 Å². The third-order valence-electron chi connectivity index (χ3n) is 6.65. The number of ketones is 1. The molecule has 2 aromatic heterocycles. The number of H-pyrrole nitrogens is 2. The highest BCUT2D eigenvalue weighted by molar-refractivity contribution is 7.89. The third-order valence-corrected chi connectivity index (χ3v) is 8.37. The molecular weight excluding hydrogens is 549 g/mol. The van der Waals surface area contributed by atoms with E-state index >= 15 is 0 Å². The Morgan fingerprint density at radius 1 is 1.17 bits per heavy atom. The molecule has 0 atom stereocenters. The second kappa shape index (κ2) is 10.5. The number of anilines is 1. The van der Waals surface area contributed by atoms with Crippen molar-refractivity contribution in [3.05, 3.63) is 107 Å². The molecule has 206 valence electrons. The van der Waals surface area contributed by atoms with Gasteiger partial charge in [-0.1, -0.05) is 11.8 Å². The number of rotatable bonds is 6. The summed E-state index contributed by atoms with van der Waals surface area (Å²) in [4.78, 5) is 40.2. The van der Waals surface area contributed by atoms with Gasteiger partial charge in [0.1, 0.15) is 11.7 Å². The molecule has 4 heterocycles. The molecule has 0 saturated heterocycles. The number of benzene rings is 1. The molecule has 0 radical (unpaired) electrons. The summed E-state index contributed by atoms with van der Waals surface area (Å²) in [6, 6.07) is 5.15. The largest absolute Gasteiger partial charge is 0.355 e. The number of allylic oxidation sites excluding steroid dienone is 3. The van der Waals surface area contributed by atoms with Crippen molar-refractivity contribution in [1.29, 1.82) is 0 Å². The Balaban J connectivity index is 1.36. The molecule has 3 aliphatic rings. The van der Waals surface area contributed by atoms with Crippen molar-refractivity contribution < 1.29 is 22.4 Å². The molecule has 0 saturated carbocycles. The fourth-order valence-corrected chi connectivity index (χ4v) is 5.97. The smallest absolute Gasteiger partial charge is 0.260 e. The first-order chi connectivity index (χ1) is 19.8. The SMILES string of the molecule is O=C(NC1=NCCC(c2[nH]c3c(c2NC2=C=C=CC=C2)C(=O)CN(S(=O)(=O)c2cnc[nH]2)C3)=C1)c1ccc(F)cc1. The van der Waals surface area contributed by atoms with Crippen molar-refractivity contribution in [2.75, 3.05) is 18.4 Å². The van der Waals surface area contributed by atoms with Gasteiger partial charge in [0.2, 0.25) is 0 Å². The van der Waals surface area contributed by atoms with E-state index in [9.17, 15) is 22.4 Å². The number of imidazole rings is 1. The Kier molecular flexibility index (Phi) is 6.70. The second-order valence-corrected chi connectivity index (χ2v) is 11.2. The number of halogens is 1. The molecule has 11 nitrogen and oxygen atoms in total. The van der Waals surface area contributed by atoms with Crippen LogP contribution in [0.2, 0.25) is 0 Å². The topological polar surface area (TPSA) is 152 Å². The zero-order valence-corrected chi connectivity index (χ0v) is 22.2. The van der Waals surface area contributed by atoms with E-state index in [1.807, 2.05) is 0 Å². The fraction of sp³-hybridized carbons (Fsp3) is 0.143. The second-order valence-electron chi connectivity index (χ2n) is 9.32. The number of nitrogens with one attached hydrogen (secondary N) is 4. The maximum atomic E-state index is 13.5. The normalized spacial score (nSPS) is 16.6. The summed E-state index contributed by atoms with van der Waals surface area (Å²) >= 11 is 0. The van der Waals surface area contributed by atoms with Crippen LogP contribution in [0.15, 0.2) is 88.3 Å². The van der Waals surface area contributed by atoms with Crippen molar-refractivity contribution in [1.82, 2.24) is 24.6 Å². The number of carbonyl (C=O) groups excluding carboxylic acids is 2. The number of hydrogen-bond donors (Lipinski definition) is 4. The summed E-state index contributed by atoms with van der Waals surface area (Å²) in [5, 5.41) is 5.88. The number of fused-ring (bicyclic) bond motifs is 1. The molecular formula is C28H22FN7O4S. The quantitative estimate of drug-likeness (QED) is 0.334. The number of hydrogen-bond acceptors (Lipinski definition) is 7. The molecule has 1 aliphatic carbocycles. The number of sulfonamides is 1.